The first-order valence-corrected chi connectivity index (χ1v) is 7.54. The summed E-state index contributed by atoms with van der Waals surface area (Å²) in [5.41, 5.74) is 1.44. The van der Waals surface area contributed by atoms with Gasteiger partial charge in [-0.2, -0.15) is 0 Å². The van der Waals surface area contributed by atoms with E-state index in [0.29, 0.717) is 18.4 Å². The number of hydrogen-bond donors (Lipinski definition) is 1. The van der Waals surface area contributed by atoms with Crippen LogP contribution in [0.4, 0.5) is 0 Å². The Morgan fingerprint density at radius 3 is 2.47 bits per heavy atom. The minimum absolute atomic E-state index is 0.0233. The molecule has 0 amide bonds. The Kier molecular flexibility index (Phi) is 3.14. The lowest BCUT2D eigenvalue weighted by Gasteiger charge is -2.18. The maximum absolute atomic E-state index is 11.5. The number of rotatable bonds is 2. The van der Waals surface area contributed by atoms with Crippen LogP contribution in [0.15, 0.2) is 17.0 Å². The summed E-state index contributed by atoms with van der Waals surface area (Å²) in [6, 6.07) is 2.69. The molecule has 1 aliphatic rings. The molecule has 0 unspecified atom stereocenters. The molecule has 0 atom stereocenters. The van der Waals surface area contributed by atoms with Crippen molar-refractivity contribution >= 4 is 25.7 Å². The Morgan fingerprint density at radius 1 is 1.24 bits per heavy atom. The minimum atomic E-state index is -3.89. The number of carbonyl (C=O) groups is 1. The molecule has 0 radical (unpaired) electrons. The van der Waals surface area contributed by atoms with E-state index >= 15 is 0 Å². The number of carboxylic acid groups (broad SMARTS) is 1. The highest BCUT2D eigenvalue weighted by Crippen LogP contribution is 2.30. The van der Waals surface area contributed by atoms with Gasteiger partial charge in [0.25, 0.3) is 9.05 Å². The van der Waals surface area contributed by atoms with Gasteiger partial charge in [0.1, 0.15) is 0 Å². The van der Waals surface area contributed by atoms with Gasteiger partial charge in [-0.15, -0.1) is 0 Å². The Labute approximate surface area is 104 Å². The van der Waals surface area contributed by atoms with E-state index in [0.717, 1.165) is 24.5 Å². The van der Waals surface area contributed by atoms with Crippen molar-refractivity contribution in [2.45, 2.75) is 30.6 Å². The summed E-state index contributed by atoms with van der Waals surface area (Å²) in [6.45, 7) is 0. The zero-order valence-corrected chi connectivity index (χ0v) is 10.5. The van der Waals surface area contributed by atoms with Crippen molar-refractivity contribution in [3.8, 4) is 0 Å². The molecule has 4 nitrogen and oxygen atoms in total. The third-order valence-corrected chi connectivity index (χ3v) is 4.32. The minimum Gasteiger partial charge on any atom is -0.478 e. The van der Waals surface area contributed by atoms with Gasteiger partial charge in [0, 0.05) is 10.7 Å². The molecule has 92 valence electrons. The highest BCUT2D eigenvalue weighted by atomic mass is 35.7. The first kappa shape index (κ1) is 12.4. The second-order valence-electron chi connectivity index (χ2n) is 4.06. The summed E-state index contributed by atoms with van der Waals surface area (Å²) >= 11 is 0. The molecular formula is C11H11ClO4S. The van der Waals surface area contributed by atoms with Gasteiger partial charge in [0.2, 0.25) is 0 Å². The van der Waals surface area contributed by atoms with Crippen molar-refractivity contribution in [2.24, 2.45) is 0 Å². The van der Waals surface area contributed by atoms with Crippen LogP contribution in [-0.2, 0) is 21.9 Å². The van der Waals surface area contributed by atoms with Crippen molar-refractivity contribution < 1.29 is 18.3 Å². The summed E-state index contributed by atoms with van der Waals surface area (Å²) in [7, 11) is 1.46. The molecule has 0 saturated heterocycles. The van der Waals surface area contributed by atoms with Gasteiger partial charge in [-0.3, -0.25) is 0 Å². The van der Waals surface area contributed by atoms with Crippen LogP contribution in [0.3, 0.4) is 0 Å². The normalized spacial score (nSPS) is 15.4. The van der Waals surface area contributed by atoms with Crippen LogP contribution in [0.25, 0.3) is 0 Å². The van der Waals surface area contributed by atoms with Gasteiger partial charge in [-0.1, -0.05) is 0 Å². The lowest BCUT2D eigenvalue weighted by atomic mass is 9.90. The van der Waals surface area contributed by atoms with E-state index in [4.69, 9.17) is 15.8 Å². The van der Waals surface area contributed by atoms with Crippen molar-refractivity contribution in [3.63, 3.8) is 0 Å². The van der Waals surface area contributed by atoms with Crippen LogP contribution in [0.2, 0.25) is 0 Å². The predicted molar refractivity (Wildman–Crippen MR) is 63.1 cm³/mol. The van der Waals surface area contributed by atoms with Crippen LogP contribution < -0.4 is 0 Å². The van der Waals surface area contributed by atoms with Crippen LogP contribution in [0.1, 0.15) is 34.3 Å². The lowest BCUT2D eigenvalue weighted by Crippen LogP contribution is -2.11. The summed E-state index contributed by atoms with van der Waals surface area (Å²) in [4.78, 5) is 10.9. The van der Waals surface area contributed by atoms with Crippen molar-refractivity contribution in [3.05, 3.63) is 28.8 Å². The number of aromatic carboxylic acids is 1. The SMILES string of the molecule is O=C(O)c1cc2c(c(S(=O)(=O)Cl)c1)CCCC2. The molecule has 17 heavy (non-hydrogen) atoms. The molecule has 0 aliphatic heterocycles. The second kappa shape index (κ2) is 4.31. The zero-order chi connectivity index (χ0) is 12.6. The number of hydrogen-bond acceptors (Lipinski definition) is 3. The Hall–Kier alpha value is -1.07. The summed E-state index contributed by atoms with van der Waals surface area (Å²) in [6.07, 6.45) is 3.18. The molecule has 0 fully saturated rings. The Morgan fingerprint density at radius 2 is 1.88 bits per heavy atom. The molecule has 0 bridgehead atoms. The summed E-state index contributed by atoms with van der Waals surface area (Å²) in [5, 5.41) is 8.94. The number of halogens is 1. The fourth-order valence-corrected chi connectivity index (χ4v) is 3.38. The predicted octanol–water partition coefficient (Wildman–Crippen LogP) is 2.19. The second-order valence-corrected chi connectivity index (χ2v) is 6.60. The molecule has 6 heteroatoms. The molecule has 1 aromatic rings. The van der Waals surface area contributed by atoms with E-state index in [-0.39, 0.29) is 10.5 Å². The lowest BCUT2D eigenvalue weighted by molar-refractivity contribution is 0.0696. The fraction of sp³-hybridized carbons (Fsp3) is 0.364. The average molecular weight is 275 g/mol. The Bertz CT molecular complexity index is 577. The third kappa shape index (κ3) is 2.45. The molecule has 1 N–H and O–H groups in total. The largest absolute Gasteiger partial charge is 0.478 e. The highest BCUT2D eigenvalue weighted by Gasteiger charge is 2.23. The van der Waals surface area contributed by atoms with Gasteiger partial charge < -0.3 is 5.11 Å². The van der Waals surface area contributed by atoms with E-state index in [1.165, 1.54) is 0 Å². The summed E-state index contributed by atoms with van der Waals surface area (Å²) < 4.78 is 22.9. The van der Waals surface area contributed by atoms with Crippen molar-refractivity contribution in [1.82, 2.24) is 0 Å². The molecule has 1 aromatic carbocycles. The zero-order valence-electron chi connectivity index (χ0n) is 8.94. The first-order valence-electron chi connectivity index (χ1n) is 5.23. The molecule has 2 rings (SSSR count). The highest BCUT2D eigenvalue weighted by molar-refractivity contribution is 8.13. The number of aryl methyl sites for hydroxylation is 1. The van der Waals surface area contributed by atoms with Crippen LogP contribution in [0.5, 0.6) is 0 Å². The molecule has 0 aromatic heterocycles. The topological polar surface area (TPSA) is 71.4 Å². The van der Waals surface area contributed by atoms with Crippen LogP contribution in [0, 0.1) is 0 Å². The maximum atomic E-state index is 11.5. The number of fused-ring (bicyclic) bond motifs is 1. The number of benzene rings is 1. The van der Waals surface area contributed by atoms with E-state index in [9.17, 15) is 13.2 Å². The van der Waals surface area contributed by atoms with Crippen LogP contribution >= 0.6 is 10.7 Å². The quantitative estimate of drug-likeness (QED) is 0.839. The first-order chi connectivity index (χ1) is 7.89. The van der Waals surface area contributed by atoms with Gasteiger partial charge >= 0.3 is 5.97 Å². The molecule has 0 heterocycles. The monoisotopic (exact) mass is 274 g/mol. The molecular weight excluding hydrogens is 264 g/mol. The van der Waals surface area contributed by atoms with Gasteiger partial charge in [-0.05, 0) is 48.9 Å². The molecule has 0 saturated carbocycles. The van der Waals surface area contributed by atoms with Gasteiger partial charge in [0.15, 0.2) is 0 Å². The average Bonchev–Trinajstić information content (AvgIpc) is 2.26. The molecule has 1 aliphatic carbocycles. The van der Waals surface area contributed by atoms with E-state index in [1.807, 2.05) is 0 Å². The standard InChI is InChI=1S/C11H11ClO4S/c12-17(15,16)10-6-8(11(13)14)5-7-3-1-2-4-9(7)10/h5-6H,1-4H2,(H,13,14). The van der Waals surface area contributed by atoms with E-state index < -0.39 is 15.0 Å². The van der Waals surface area contributed by atoms with Gasteiger partial charge in [0.05, 0.1) is 10.5 Å². The summed E-state index contributed by atoms with van der Waals surface area (Å²) in [5.74, 6) is -1.14. The third-order valence-electron chi connectivity index (χ3n) is 2.93. The molecule has 0 spiro atoms. The number of carboxylic acids is 1. The smallest absolute Gasteiger partial charge is 0.335 e. The van der Waals surface area contributed by atoms with Crippen molar-refractivity contribution in [1.29, 1.82) is 0 Å². The van der Waals surface area contributed by atoms with Crippen LogP contribution in [-0.4, -0.2) is 19.5 Å². The van der Waals surface area contributed by atoms with E-state index in [1.54, 1.807) is 6.07 Å². The fourth-order valence-electron chi connectivity index (χ4n) is 2.17. The van der Waals surface area contributed by atoms with E-state index in [2.05, 4.69) is 0 Å². The maximum Gasteiger partial charge on any atom is 0.335 e. The Balaban J connectivity index is 2.71. The van der Waals surface area contributed by atoms with Gasteiger partial charge in [-0.25, -0.2) is 13.2 Å². The van der Waals surface area contributed by atoms with Crippen molar-refractivity contribution in [2.75, 3.05) is 0 Å².